The molecule has 4 aromatic heterocycles. The number of aromatic amines is 1. The Morgan fingerprint density at radius 3 is 2.61 bits per heavy atom. The largest absolute Gasteiger partial charge is 0.421 e. The summed E-state index contributed by atoms with van der Waals surface area (Å²) in [5.41, 5.74) is 9.34. The molecule has 0 saturated heterocycles. The van der Waals surface area contributed by atoms with Crippen molar-refractivity contribution in [3.05, 3.63) is 54.6 Å². The van der Waals surface area contributed by atoms with Crippen LogP contribution in [-0.2, 0) is 0 Å². The number of hydrogen-bond donors (Lipinski definition) is 3. The lowest BCUT2D eigenvalue weighted by molar-refractivity contribution is 0.440. The van der Waals surface area contributed by atoms with Crippen molar-refractivity contribution in [1.29, 1.82) is 0 Å². The maximum atomic E-state index is 14.3. The van der Waals surface area contributed by atoms with E-state index in [9.17, 15) is 4.39 Å². The summed E-state index contributed by atoms with van der Waals surface area (Å²) in [6.45, 7) is 1.78. The van der Waals surface area contributed by atoms with Crippen LogP contribution in [0, 0.1) is 12.7 Å². The van der Waals surface area contributed by atoms with E-state index in [0.717, 1.165) is 0 Å². The van der Waals surface area contributed by atoms with Crippen molar-refractivity contribution in [2.75, 3.05) is 18.1 Å². The van der Waals surface area contributed by atoms with Crippen LogP contribution in [0.2, 0.25) is 0 Å². The van der Waals surface area contributed by atoms with E-state index in [-0.39, 0.29) is 11.8 Å². The molecule has 5 aromatic rings. The van der Waals surface area contributed by atoms with Crippen molar-refractivity contribution in [2.24, 2.45) is 0 Å². The number of benzene rings is 1. The van der Waals surface area contributed by atoms with Gasteiger partial charge in [-0.2, -0.15) is 9.97 Å². The molecule has 0 amide bonds. The van der Waals surface area contributed by atoms with Gasteiger partial charge in [-0.05, 0) is 25.1 Å². The molecule has 31 heavy (non-hydrogen) atoms. The Balaban J connectivity index is 1.79. The number of nitrogen functional groups attached to an aromatic ring is 1. The van der Waals surface area contributed by atoms with Crippen LogP contribution in [0.4, 0.5) is 15.8 Å². The number of halogens is 1. The van der Waals surface area contributed by atoms with Crippen molar-refractivity contribution in [2.45, 2.75) is 6.92 Å². The molecular formula is C21H17FN8O. The minimum Gasteiger partial charge on any atom is -0.421 e. The monoisotopic (exact) mass is 416 g/mol. The first kappa shape index (κ1) is 18.7. The SMILES string of the molecule is CNc1cc(F)cc2c1[nH]c1nc(Oc3cnc(C)nc3)nc(-c3cncc(N)c3)c12. The lowest BCUT2D eigenvalue weighted by atomic mass is 10.1. The van der Waals surface area contributed by atoms with Gasteiger partial charge in [0.1, 0.15) is 17.3 Å². The molecule has 9 nitrogen and oxygen atoms in total. The molecule has 154 valence electrons. The highest BCUT2D eigenvalue weighted by molar-refractivity contribution is 6.15. The number of hydrogen-bond acceptors (Lipinski definition) is 8. The van der Waals surface area contributed by atoms with Gasteiger partial charge in [0.2, 0.25) is 0 Å². The van der Waals surface area contributed by atoms with Crippen LogP contribution in [0.1, 0.15) is 5.82 Å². The average molecular weight is 416 g/mol. The highest BCUT2D eigenvalue weighted by Gasteiger charge is 2.19. The van der Waals surface area contributed by atoms with Gasteiger partial charge in [0.25, 0.3) is 0 Å². The molecule has 4 N–H and O–H groups in total. The van der Waals surface area contributed by atoms with E-state index in [2.05, 4.69) is 35.2 Å². The van der Waals surface area contributed by atoms with Gasteiger partial charge in [0.05, 0.1) is 40.4 Å². The summed E-state index contributed by atoms with van der Waals surface area (Å²) < 4.78 is 20.1. The lowest BCUT2D eigenvalue weighted by Crippen LogP contribution is -1.98. The number of pyridine rings is 1. The zero-order valence-electron chi connectivity index (χ0n) is 16.6. The summed E-state index contributed by atoms with van der Waals surface area (Å²) in [5, 5.41) is 4.26. The maximum Gasteiger partial charge on any atom is 0.324 e. The van der Waals surface area contributed by atoms with Gasteiger partial charge in [-0.25, -0.2) is 14.4 Å². The Morgan fingerprint density at radius 1 is 1.06 bits per heavy atom. The Hall–Kier alpha value is -4.34. The van der Waals surface area contributed by atoms with E-state index in [1.165, 1.54) is 30.7 Å². The summed E-state index contributed by atoms with van der Waals surface area (Å²) in [5.74, 6) is 0.624. The fraction of sp³-hybridized carbons (Fsp3) is 0.0952. The van der Waals surface area contributed by atoms with Gasteiger partial charge in [-0.3, -0.25) is 4.98 Å². The third kappa shape index (κ3) is 3.33. The highest BCUT2D eigenvalue weighted by Crippen LogP contribution is 2.37. The molecule has 0 saturated carbocycles. The molecule has 1 aromatic carbocycles. The first-order valence-electron chi connectivity index (χ1n) is 9.40. The normalized spacial score (nSPS) is 11.2. The molecular weight excluding hydrogens is 399 g/mol. The number of aromatic nitrogens is 6. The highest BCUT2D eigenvalue weighted by atomic mass is 19.1. The zero-order chi connectivity index (χ0) is 21.5. The number of nitrogens with zero attached hydrogens (tertiary/aromatic N) is 5. The van der Waals surface area contributed by atoms with Gasteiger partial charge in [-0.1, -0.05) is 0 Å². The fourth-order valence-corrected chi connectivity index (χ4v) is 3.42. The van der Waals surface area contributed by atoms with E-state index in [1.54, 1.807) is 26.2 Å². The summed E-state index contributed by atoms with van der Waals surface area (Å²) >= 11 is 0. The van der Waals surface area contributed by atoms with Crippen molar-refractivity contribution in [3.63, 3.8) is 0 Å². The third-order valence-electron chi connectivity index (χ3n) is 4.77. The predicted octanol–water partition coefficient (Wildman–Crippen LogP) is 3.83. The molecule has 4 heterocycles. The van der Waals surface area contributed by atoms with Crippen molar-refractivity contribution in [3.8, 4) is 23.0 Å². The maximum absolute atomic E-state index is 14.3. The van der Waals surface area contributed by atoms with Crippen LogP contribution >= 0.6 is 0 Å². The number of H-pyrrole nitrogens is 1. The molecule has 0 atom stereocenters. The Labute approximate surface area is 175 Å². The van der Waals surface area contributed by atoms with Gasteiger partial charge >= 0.3 is 6.01 Å². The van der Waals surface area contributed by atoms with E-state index in [0.29, 0.717) is 56.1 Å². The summed E-state index contributed by atoms with van der Waals surface area (Å²) in [7, 11) is 1.72. The Kier molecular flexibility index (Phi) is 4.32. The van der Waals surface area contributed by atoms with Crippen molar-refractivity contribution >= 4 is 33.3 Å². The molecule has 0 aliphatic heterocycles. The third-order valence-corrected chi connectivity index (χ3v) is 4.77. The smallest absolute Gasteiger partial charge is 0.324 e. The number of fused-ring (bicyclic) bond motifs is 3. The number of anilines is 2. The summed E-state index contributed by atoms with van der Waals surface area (Å²) in [6.07, 6.45) is 6.25. The molecule has 0 bridgehead atoms. The number of nitrogens with one attached hydrogen (secondary N) is 2. The Morgan fingerprint density at radius 2 is 1.87 bits per heavy atom. The zero-order valence-corrected chi connectivity index (χ0v) is 16.6. The molecule has 10 heteroatoms. The first-order valence-corrected chi connectivity index (χ1v) is 9.40. The van der Waals surface area contributed by atoms with Crippen LogP contribution in [0.25, 0.3) is 33.2 Å². The van der Waals surface area contributed by atoms with E-state index >= 15 is 0 Å². The second-order valence-corrected chi connectivity index (χ2v) is 6.90. The minimum absolute atomic E-state index is 0.0791. The Bertz CT molecular complexity index is 1430. The molecule has 0 aliphatic carbocycles. The fourth-order valence-electron chi connectivity index (χ4n) is 3.42. The van der Waals surface area contributed by atoms with Gasteiger partial charge in [-0.15, -0.1) is 0 Å². The number of nitrogens with two attached hydrogens (primary N) is 1. The number of aryl methyl sites for hydroxylation is 1. The predicted molar refractivity (Wildman–Crippen MR) is 115 cm³/mol. The van der Waals surface area contributed by atoms with E-state index in [4.69, 9.17) is 10.5 Å². The molecule has 0 spiro atoms. The van der Waals surface area contributed by atoms with Crippen molar-refractivity contribution in [1.82, 2.24) is 29.9 Å². The molecule has 0 unspecified atom stereocenters. The van der Waals surface area contributed by atoms with E-state index in [1.807, 2.05) is 0 Å². The molecule has 0 fully saturated rings. The number of ether oxygens (including phenoxy) is 1. The van der Waals surface area contributed by atoms with Gasteiger partial charge in [0, 0.05) is 30.4 Å². The summed E-state index contributed by atoms with van der Waals surface area (Å²) in [6, 6.07) is 4.67. The van der Waals surface area contributed by atoms with Crippen LogP contribution in [-0.4, -0.2) is 37.0 Å². The first-order chi connectivity index (χ1) is 15.0. The minimum atomic E-state index is -0.383. The molecule has 5 rings (SSSR count). The molecule has 0 aliphatic rings. The van der Waals surface area contributed by atoms with Crippen LogP contribution < -0.4 is 15.8 Å². The van der Waals surface area contributed by atoms with Gasteiger partial charge in [0.15, 0.2) is 5.75 Å². The molecule has 0 radical (unpaired) electrons. The average Bonchev–Trinajstić information content (AvgIpc) is 3.12. The van der Waals surface area contributed by atoms with Gasteiger partial charge < -0.3 is 20.8 Å². The number of rotatable bonds is 4. The second kappa shape index (κ2) is 7.17. The standard InChI is InChI=1S/C21H17FN8O/c1-10-26-8-14(9-27-10)31-21-29-18(11-3-13(23)7-25-6-11)17-15-4-12(22)5-16(24-2)19(15)28-20(17)30-21/h3-9,24H,23H2,1-2H3,(H,28,29,30). The second-order valence-electron chi connectivity index (χ2n) is 6.90. The van der Waals surface area contributed by atoms with Crippen LogP contribution in [0.15, 0.2) is 43.0 Å². The quantitative estimate of drug-likeness (QED) is 0.403. The summed E-state index contributed by atoms with van der Waals surface area (Å²) in [4.78, 5) is 24.7. The van der Waals surface area contributed by atoms with Crippen LogP contribution in [0.3, 0.4) is 0 Å². The van der Waals surface area contributed by atoms with Crippen LogP contribution in [0.5, 0.6) is 11.8 Å². The topological polar surface area (TPSA) is 128 Å². The lowest BCUT2D eigenvalue weighted by Gasteiger charge is -2.08. The van der Waals surface area contributed by atoms with Crippen molar-refractivity contribution < 1.29 is 9.13 Å². The van der Waals surface area contributed by atoms with E-state index < -0.39 is 0 Å².